The summed E-state index contributed by atoms with van der Waals surface area (Å²) in [6.45, 7) is 5.88. The van der Waals surface area contributed by atoms with Gasteiger partial charge in [-0.2, -0.15) is 0 Å². The van der Waals surface area contributed by atoms with Crippen LogP contribution in [0.2, 0.25) is 0 Å². The summed E-state index contributed by atoms with van der Waals surface area (Å²) < 4.78 is 26.2. The summed E-state index contributed by atoms with van der Waals surface area (Å²) in [5.74, 6) is 0.0956. The lowest BCUT2D eigenvalue weighted by Gasteiger charge is -2.19. The monoisotopic (exact) mass is 289 g/mol. The fraction of sp³-hybridized carbons (Fsp3) is 0.538. The zero-order valence-electron chi connectivity index (χ0n) is 11.0. The molecule has 0 saturated carbocycles. The molecule has 0 spiro atoms. The highest BCUT2D eigenvalue weighted by Crippen LogP contribution is 2.20. The molecular weight excluding hydrogens is 270 g/mol. The number of sulfonamides is 1. The standard InChI is InChI=1S/C13H20ClNO2S/c1-13(2,3)10-18(16,17)15-9-12(14)11-7-5-4-6-8-11/h4-8,12,15H,9-10H2,1-3H3. The number of benzene rings is 1. The maximum Gasteiger partial charge on any atom is 0.212 e. The molecule has 0 aliphatic rings. The first-order chi connectivity index (χ1) is 8.20. The highest BCUT2D eigenvalue weighted by molar-refractivity contribution is 7.89. The maximum atomic E-state index is 11.8. The second-order valence-electron chi connectivity index (χ2n) is 5.55. The van der Waals surface area contributed by atoms with Gasteiger partial charge in [-0.25, -0.2) is 13.1 Å². The molecule has 1 unspecified atom stereocenters. The molecule has 1 rings (SSSR count). The van der Waals surface area contributed by atoms with Crippen molar-refractivity contribution in [3.05, 3.63) is 35.9 Å². The van der Waals surface area contributed by atoms with Gasteiger partial charge < -0.3 is 0 Å². The average molecular weight is 290 g/mol. The van der Waals surface area contributed by atoms with Crippen LogP contribution in [0.1, 0.15) is 31.7 Å². The molecule has 0 heterocycles. The smallest absolute Gasteiger partial charge is 0.212 e. The van der Waals surface area contributed by atoms with Crippen molar-refractivity contribution in [2.24, 2.45) is 5.41 Å². The molecule has 18 heavy (non-hydrogen) atoms. The van der Waals surface area contributed by atoms with Crippen LogP contribution >= 0.6 is 11.6 Å². The summed E-state index contributed by atoms with van der Waals surface area (Å²) in [5, 5.41) is -0.346. The van der Waals surface area contributed by atoms with E-state index in [1.54, 1.807) is 0 Å². The van der Waals surface area contributed by atoms with E-state index >= 15 is 0 Å². The van der Waals surface area contributed by atoms with E-state index in [2.05, 4.69) is 4.72 Å². The van der Waals surface area contributed by atoms with Gasteiger partial charge >= 0.3 is 0 Å². The third kappa shape index (κ3) is 5.85. The molecule has 102 valence electrons. The lowest BCUT2D eigenvalue weighted by molar-refractivity contribution is 0.458. The van der Waals surface area contributed by atoms with E-state index in [-0.39, 0.29) is 23.1 Å². The predicted molar refractivity (Wildman–Crippen MR) is 76.3 cm³/mol. The molecule has 1 atom stereocenters. The van der Waals surface area contributed by atoms with E-state index in [9.17, 15) is 8.42 Å². The minimum atomic E-state index is -3.28. The summed E-state index contributed by atoms with van der Waals surface area (Å²) in [4.78, 5) is 0. The fourth-order valence-corrected chi connectivity index (χ4v) is 3.58. The predicted octanol–water partition coefficient (Wildman–Crippen LogP) is 2.93. The Morgan fingerprint density at radius 1 is 1.22 bits per heavy atom. The van der Waals surface area contributed by atoms with Gasteiger partial charge in [-0.15, -0.1) is 11.6 Å². The van der Waals surface area contributed by atoms with E-state index in [0.29, 0.717) is 0 Å². The Kier molecular flexibility index (Phi) is 5.20. The zero-order chi connectivity index (χ0) is 13.8. The molecule has 0 radical (unpaired) electrons. The zero-order valence-corrected chi connectivity index (χ0v) is 12.6. The lowest BCUT2D eigenvalue weighted by Crippen LogP contribution is -2.34. The summed E-state index contributed by atoms with van der Waals surface area (Å²) >= 11 is 6.16. The van der Waals surface area contributed by atoms with E-state index in [0.717, 1.165) is 5.56 Å². The van der Waals surface area contributed by atoms with Crippen molar-refractivity contribution in [1.29, 1.82) is 0 Å². The Morgan fingerprint density at radius 3 is 2.28 bits per heavy atom. The van der Waals surface area contributed by atoms with Crippen molar-refractivity contribution in [2.45, 2.75) is 26.1 Å². The molecule has 0 amide bonds. The van der Waals surface area contributed by atoms with Crippen LogP contribution in [0, 0.1) is 5.41 Å². The molecule has 5 heteroatoms. The van der Waals surface area contributed by atoms with Gasteiger partial charge in [0.1, 0.15) is 0 Å². The maximum absolute atomic E-state index is 11.8. The number of halogens is 1. The van der Waals surface area contributed by atoms with Crippen molar-refractivity contribution < 1.29 is 8.42 Å². The second-order valence-corrected chi connectivity index (χ2v) is 7.88. The third-order valence-corrected chi connectivity index (χ3v) is 4.53. The van der Waals surface area contributed by atoms with Crippen LogP contribution in [0.15, 0.2) is 30.3 Å². The third-order valence-electron chi connectivity index (χ3n) is 2.27. The van der Waals surface area contributed by atoms with Crippen LogP contribution in [-0.4, -0.2) is 20.7 Å². The minimum Gasteiger partial charge on any atom is -0.213 e. The summed E-state index contributed by atoms with van der Waals surface area (Å²) in [6.07, 6.45) is 0. The molecule has 0 saturated heterocycles. The lowest BCUT2D eigenvalue weighted by atomic mass is 10.0. The first-order valence-corrected chi connectivity index (χ1v) is 7.95. The molecule has 0 bridgehead atoms. The topological polar surface area (TPSA) is 46.2 Å². The quantitative estimate of drug-likeness (QED) is 0.847. The Balaban J connectivity index is 2.56. The van der Waals surface area contributed by atoms with Crippen LogP contribution in [-0.2, 0) is 10.0 Å². The van der Waals surface area contributed by atoms with Crippen molar-refractivity contribution in [2.75, 3.05) is 12.3 Å². The summed E-state index contributed by atoms with van der Waals surface area (Å²) in [7, 11) is -3.28. The van der Waals surface area contributed by atoms with E-state index in [1.165, 1.54) is 0 Å². The van der Waals surface area contributed by atoms with Crippen LogP contribution in [0.25, 0.3) is 0 Å². The van der Waals surface area contributed by atoms with Crippen LogP contribution in [0.5, 0.6) is 0 Å². The molecule has 3 nitrogen and oxygen atoms in total. The van der Waals surface area contributed by atoms with Crippen molar-refractivity contribution >= 4 is 21.6 Å². The first kappa shape index (κ1) is 15.5. The molecule has 1 aromatic carbocycles. The van der Waals surface area contributed by atoms with Gasteiger partial charge in [-0.1, -0.05) is 51.1 Å². The Labute approximate surface area is 115 Å². The number of nitrogens with one attached hydrogen (secondary N) is 1. The molecule has 0 fully saturated rings. The van der Waals surface area contributed by atoms with Gasteiger partial charge in [-0.3, -0.25) is 0 Å². The molecule has 0 aliphatic carbocycles. The highest BCUT2D eigenvalue weighted by atomic mass is 35.5. The van der Waals surface area contributed by atoms with Crippen LogP contribution in [0.4, 0.5) is 0 Å². The van der Waals surface area contributed by atoms with Gasteiger partial charge in [-0.05, 0) is 11.0 Å². The van der Waals surface area contributed by atoms with Gasteiger partial charge in [0.2, 0.25) is 10.0 Å². The number of rotatable bonds is 5. The first-order valence-electron chi connectivity index (χ1n) is 5.86. The fourth-order valence-electron chi connectivity index (χ4n) is 1.60. The van der Waals surface area contributed by atoms with Crippen molar-refractivity contribution in [3.8, 4) is 0 Å². The minimum absolute atomic E-state index is 0.0956. The molecule has 1 aromatic rings. The molecule has 0 aliphatic heterocycles. The average Bonchev–Trinajstić information content (AvgIpc) is 2.24. The van der Waals surface area contributed by atoms with Crippen molar-refractivity contribution in [3.63, 3.8) is 0 Å². The number of alkyl halides is 1. The van der Waals surface area contributed by atoms with Crippen molar-refractivity contribution in [1.82, 2.24) is 4.72 Å². The number of hydrogen-bond acceptors (Lipinski definition) is 2. The molecule has 1 N–H and O–H groups in total. The second kappa shape index (κ2) is 6.04. The van der Waals surface area contributed by atoms with E-state index in [4.69, 9.17) is 11.6 Å². The summed E-state index contributed by atoms with van der Waals surface area (Å²) in [6, 6.07) is 9.44. The summed E-state index contributed by atoms with van der Waals surface area (Å²) in [5.41, 5.74) is 0.651. The molecular formula is C13H20ClNO2S. The van der Waals surface area contributed by atoms with Gasteiger partial charge in [0, 0.05) is 6.54 Å². The normalized spacial score (nSPS) is 14.4. The Hall–Kier alpha value is -0.580. The van der Waals surface area contributed by atoms with Crippen LogP contribution in [0.3, 0.4) is 0 Å². The Bertz CT molecular complexity index is 466. The van der Waals surface area contributed by atoms with Crippen LogP contribution < -0.4 is 4.72 Å². The largest absolute Gasteiger partial charge is 0.213 e. The SMILES string of the molecule is CC(C)(C)CS(=O)(=O)NCC(Cl)c1ccccc1. The molecule has 0 aromatic heterocycles. The highest BCUT2D eigenvalue weighted by Gasteiger charge is 2.22. The van der Waals surface area contributed by atoms with E-state index in [1.807, 2.05) is 51.1 Å². The van der Waals surface area contributed by atoms with E-state index < -0.39 is 10.0 Å². The number of hydrogen-bond donors (Lipinski definition) is 1. The Morgan fingerprint density at radius 2 is 1.78 bits per heavy atom. The van der Waals surface area contributed by atoms with Gasteiger partial charge in [0.25, 0.3) is 0 Å². The van der Waals surface area contributed by atoms with Gasteiger partial charge in [0.05, 0.1) is 11.1 Å². The van der Waals surface area contributed by atoms with Gasteiger partial charge in [0.15, 0.2) is 0 Å².